The number of fused-ring (bicyclic) bond motifs is 1. The van der Waals surface area contributed by atoms with Crippen LogP contribution in [0.4, 0.5) is 16.6 Å². The predicted octanol–water partition coefficient (Wildman–Crippen LogP) is 5.36. The summed E-state index contributed by atoms with van der Waals surface area (Å²) in [6.45, 7) is 0. The summed E-state index contributed by atoms with van der Waals surface area (Å²) in [4.78, 5) is 14.9. The summed E-state index contributed by atoms with van der Waals surface area (Å²) >= 11 is 2.82. The molecule has 0 saturated carbocycles. The van der Waals surface area contributed by atoms with Gasteiger partial charge in [-0.2, -0.15) is 0 Å². The molecule has 0 aliphatic heterocycles. The van der Waals surface area contributed by atoms with E-state index in [0.717, 1.165) is 26.3 Å². The van der Waals surface area contributed by atoms with Crippen molar-refractivity contribution in [3.63, 3.8) is 0 Å². The van der Waals surface area contributed by atoms with Crippen LogP contribution in [-0.4, -0.2) is 23.4 Å². The molecule has 0 bridgehead atoms. The lowest BCUT2D eigenvalue weighted by Gasteiger charge is -2.08. The molecule has 0 amide bonds. The highest BCUT2D eigenvalue weighted by molar-refractivity contribution is 7.93. The predicted molar refractivity (Wildman–Crippen MR) is 125 cm³/mol. The van der Waals surface area contributed by atoms with Gasteiger partial charge >= 0.3 is 0 Å². The van der Waals surface area contributed by atoms with Crippen molar-refractivity contribution in [2.75, 3.05) is 10.0 Å². The van der Waals surface area contributed by atoms with Crippen LogP contribution in [0.15, 0.2) is 83.5 Å². The van der Waals surface area contributed by atoms with E-state index in [-0.39, 0.29) is 4.90 Å². The normalized spacial score (nSPS) is 11.5. The standard InChI is InChI=1S/C21H15N5O2S3/c27-31(28,26-21-22-10-11-29-21)16-8-6-15(7-9-16)25-19-17-12-18(14-4-2-1-3-5-14)30-20(17)24-13-23-19/h1-13H,(H,22,26)(H,23,24,25). The fourth-order valence-corrected chi connectivity index (χ4v) is 5.79. The molecule has 3 aromatic heterocycles. The molecule has 0 saturated heterocycles. The van der Waals surface area contributed by atoms with Crippen LogP contribution in [0.5, 0.6) is 0 Å². The number of sulfonamides is 1. The number of hydrogen-bond donors (Lipinski definition) is 2. The first-order valence-corrected chi connectivity index (χ1v) is 12.4. The Morgan fingerprint density at radius 3 is 2.45 bits per heavy atom. The van der Waals surface area contributed by atoms with Crippen LogP contribution in [0, 0.1) is 0 Å². The maximum atomic E-state index is 12.5. The molecule has 0 aliphatic rings. The molecular formula is C21H15N5O2S3. The zero-order valence-corrected chi connectivity index (χ0v) is 18.3. The van der Waals surface area contributed by atoms with E-state index in [4.69, 9.17) is 0 Å². The first kappa shape index (κ1) is 19.6. The SMILES string of the molecule is O=S(=O)(Nc1nccs1)c1ccc(Nc2ncnc3sc(-c4ccccc4)cc23)cc1. The number of nitrogens with one attached hydrogen (secondary N) is 2. The van der Waals surface area contributed by atoms with Crippen molar-refractivity contribution in [3.8, 4) is 10.4 Å². The second-order valence-electron chi connectivity index (χ2n) is 6.51. The van der Waals surface area contributed by atoms with E-state index in [1.54, 1.807) is 47.2 Å². The molecule has 2 N–H and O–H groups in total. The van der Waals surface area contributed by atoms with Gasteiger partial charge in [-0.05, 0) is 35.9 Å². The van der Waals surface area contributed by atoms with Crippen molar-refractivity contribution >= 4 is 59.6 Å². The summed E-state index contributed by atoms with van der Waals surface area (Å²) in [6, 6.07) is 18.7. The van der Waals surface area contributed by atoms with Crippen LogP contribution >= 0.6 is 22.7 Å². The summed E-state index contributed by atoms with van der Waals surface area (Å²) in [7, 11) is -3.69. The van der Waals surface area contributed by atoms with Crippen molar-refractivity contribution in [1.82, 2.24) is 15.0 Å². The minimum Gasteiger partial charge on any atom is -0.340 e. The van der Waals surface area contributed by atoms with E-state index in [1.807, 2.05) is 18.2 Å². The molecule has 7 nitrogen and oxygen atoms in total. The molecule has 31 heavy (non-hydrogen) atoms. The van der Waals surface area contributed by atoms with Gasteiger partial charge in [0.1, 0.15) is 17.0 Å². The number of aromatic nitrogens is 3. The third kappa shape index (κ3) is 4.13. The van der Waals surface area contributed by atoms with Gasteiger partial charge in [0, 0.05) is 22.1 Å². The summed E-state index contributed by atoms with van der Waals surface area (Å²) in [5.74, 6) is 0.667. The number of anilines is 3. The first-order valence-electron chi connectivity index (χ1n) is 9.18. The van der Waals surface area contributed by atoms with Gasteiger partial charge in [-0.1, -0.05) is 30.3 Å². The van der Waals surface area contributed by atoms with Crippen LogP contribution in [-0.2, 0) is 10.0 Å². The van der Waals surface area contributed by atoms with Crippen LogP contribution < -0.4 is 10.0 Å². The van der Waals surface area contributed by atoms with Crippen LogP contribution in [0.2, 0.25) is 0 Å². The van der Waals surface area contributed by atoms with Gasteiger partial charge in [-0.3, -0.25) is 4.72 Å². The zero-order chi connectivity index (χ0) is 21.3. The minimum atomic E-state index is -3.69. The van der Waals surface area contributed by atoms with Crippen LogP contribution in [0.3, 0.4) is 0 Å². The molecule has 0 aliphatic carbocycles. The van der Waals surface area contributed by atoms with E-state index < -0.39 is 10.0 Å². The van der Waals surface area contributed by atoms with Gasteiger partial charge in [0.05, 0.1) is 10.3 Å². The number of hydrogen-bond acceptors (Lipinski definition) is 8. The topological polar surface area (TPSA) is 96.9 Å². The zero-order valence-electron chi connectivity index (χ0n) is 15.9. The number of rotatable bonds is 6. The van der Waals surface area contributed by atoms with Gasteiger partial charge in [0.15, 0.2) is 5.13 Å². The van der Waals surface area contributed by atoms with Gasteiger partial charge < -0.3 is 5.32 Å². The number of nitrogens with zero attached hydrogens (tertiary/aromatic N) is 3. The maximum absolute atomic E-state index is 12.5. The maximum Gasteiger partial charge on any atom is 0.263 e. The Bertz CT molecular complexity index is 1430. The largest absolute Gasteiger partial charge is 0.340 e. The van der Waals surface area contributed by atoms with E-state index in [2.05, 4.69) is 43.2 Å². The highest BCUT2D eigenvalue weighted by Gasteiger charge is 2.16. The summed E-state index contributed by atoms with van der Waals surface area (Å²) in [5, 5.41) is 6.22. The number of thiazole rings is 1. The molecule has 0 unspecified atom stereocenters. The molecule has 0 radical (unpaired) electrons. The van der Waals surface area contributed by atoms with E-state index >= 15 is 0 Å². The third-order valence-corrected chi connectivity index (χ3v) is 7.73. The lowest BCUT2D eigenvalue weighted by Crippen LogP contribution is -2.12. The van der Waals surface area contributed by atoms with E-state index in [9.17, 15) is 8.42 Å². The molecule has 154 valence electrons. The summed E-state index contributed by atoms with van der Waals surface area (Å²) in [6.07, 6.45) is 3.07. The average molecular weight is 466 g/mol. The van der Waals surface area contributed by atoms with Crippen molar-refractivity contribution in [1.29, 1.82) is 0 Å². The first-order chi connectivity index (χ1) is 15.1. The summed E-state index contributed by atoms with van der Waals surface area (Å²) < 4.78 is 27.5. The fraction of sp³-hybridized carbons (Fsp3) is 0. The Balaban J connectivity index is 1.40. The monoisotopic (exact) mass is 465 g/mol. The molecule has 10 heteroatoms. The number of thiophene rings is 1. The number of benzene rings is 2. The molecule has 5 rings (SSSR count). The van der Waals surface area contributed by atoms with Crippen molar-refractivity contribution in [2.45, 2.75) is 4.90 Å². The van der Waals surface area contributed by atoms with Crippen molar-refractivity contribution < 1.29 is 8.42 Å². The smallest absolute Gasteiger partial charge is 0.263 e. The highest BCUT2D eigenvalue weighted by Crippen LogP contribution is 2.35. The molecule has 0 spiro atoms. The average Bonchev–Trinajstić information content (AvgIpc) is 3.45. The fourth-order valence-electron chi connectivity index (χ4n) is 3.00. The Labute approximate surface area is 186 Å². The molecule has 5 aromatic rings. The van der Waals surface area contributed by atoms with Crippen molar-refractivity contribution in [3.05, 3.63) is 78.6 Å². The Morgan fingerprint density at radius 1 is 0.903 bits per heavy atom. The highest BCUT2D eigenvalue weighted by atomic mass is 32.2. The van der Waals surface area contributed by atoms with Crippen LogP contribution in [0.25, 0.3) is 20.7 Å². The van der Waals surface area contributed by atoms with Gasteiger partial charge in [0.2, 0.25) is 0 Å². The van der Waals surface area contributed by atoms with Gasteiger partial charge in [0.25, 0.3) is 10.0 Å². The quantitative estimate of drug-likeness (QED) is 0.350. The summed E-state index contributed by atoms with van der Waals surface area (Å²) in [5.41, 5.74) is 1.85. The lowest BCUT2D eigenvalue weighted by atomic mass is 10.2. The van der Waals surface area contributed by atoms with E-state index in [1.165, 1.54) is 17.7 Å². The molecule has 3 heterocycles. The van der Waals surface area contributed by atoms with Gasteiger partial charge in [-0.25, -0.2) is 23.4 Å². The van der Waals surface area contributed by atoms with Gasteiger partial charge in [-0.15, -0.1) is 22.7 Å². The third-order valence-electron chi connectivity index (χ3n) is 4.47. The van der Waals surface area contributed by atoms with Crippen LogP contribution in [0.1, 0.15) is 0 Å². The van der Waals surface area contributed by atoms with Crippen molar-refractivity contribution in [2.24, 2.45) is 0 Å². The lowest BCUT2D eigenvalue weighted by molar-refractivity contribution is 0.601. The molecule has 0 fully saturated rings. The molecule has 2 aromatic carbocycles. The minimum absolute atomic E-state index is 0.156. The second kappa shape index (κ2) is 8.06. The molecular weight excluding hydrogens is 450 g/mol. The second-order valence-corrected chi connectivity index (χ2v) is 10.1. The Kier molecular flexibility index (Phi) is 5.10. The Hall–Kier alpha value is -3.34. The Morgan fingerprint density at radius 2 is 1.71 bits per heavy atom. The molecule has 0 atom stereocenters. The van der Waals surface area contributed by atoms with E-state index in [0.29, 0.717) is 10.9 Å².